The summed E-state index contributed by atoms with van der Waals surface area (Å²) in [5.41, 5.74) is 2.66. The van der Waals surface area contributed by atoms with Crippen molar-refractivity contribution in [2.45, 2.75) is 46.6 Å². The van der Waals surface area contributed by atoms with Gasteiger partial charge in [0.15, 0.2) is 5.43 Å². The van der Waals surface area contributed by atoms with E-state index in [1.807, 2.05) is 58.0 Å². The van der Waals surface area contributed by atoms with E-state index < -0.39 is 0 Å². The van der Waals surface area contributed by atoms with Gasteiger partial charge in [0.25, 0.3) is 0 Å². The maximum atomic E-state index is 12.3. The van der Waals surface area contributed by atoms with E-state index in [0.717, 1.165) is 29.1 Å². The SMILES string of the molecule is CCc1oc(C(C)COCc2ccccc2)c(C)c(=O)c1C. The Morgan fingerprint density at radius 3 is 2.45 bits per heavy atom. The van der Waals surface area contributed by atoms with E-state index in [0.29, 0.717) is 18.8 Å². The molecule has 3 nitrogen and oxygen atoms in total. The molecule has 1 aromatic carbocycles. The van der Waals surface area contributed by atoms with Gasteiger partial charge in [0, 0.05) is 23.5 Å². The Balaban J connectivity index is 2.08. The molecule has 22 heavy (non-hydrogen) atoms. The summed E-state index contributed by atoms with van der Waals surface area (Å²) in [6.07, 6.45) is 0.728. The first-order valence-corrected chi connectivity index (χ1v) is 7.79. The van der Waals surface area contributed by atoms with Crippen LogP contribution in [0.2, 0.25) is 0 Å². The molecular formula is C19H24O3. The summed E-state index contributed by atoms with van der Waals surface area (Å²) >= 11 is 0. The summed E-state index contributed by atoms with van der Waals surface area (Å²) in [6, 6.07) is 10.1. The number of rotatable bonds is 6. The van der Waals surface area contributed by atoms with Crippen LogP contribution in [0, 0.1) is 13.8 Å². The Morgan fingerprint density at radius 1 is 1.14 bits per heavy atom. The number of benzene rings is 1. The second-order valence-corrected chi connectivity index (χ2v) is 5.72. The summed E-state index contributed by atoms with van der Waals surface area (Å²) in [5.74, 6) is 1.59. The second kappa shape index (κ2) is 7.41. The minimum Gasteiger partial charge on any atom is -0.465 e. The number of hydrogen-bond donors (Lipinski definition) is 0. The molecule has 118 valence electrons. The van der Waals surface area contributed by atoms with Crippen LogP contribution in [-0.4, -0.2) is 6.61 Å². The maximum Gasteiger partial charge on any atom is 0.191 e. The van der Waals surface area contributed by atoms with Gasteiger partial charge in [-0.25, -0.2) is 0 Å². The highest BCUT2D eigenvalue weighted by Gasteiger charge is 2.17. The molecule has 0 saturated carbocycles. The Hall–Kier alpha value is -1.87. The minimum absolute atomic E-state index is 0.0577. The first-order valence-electron chi connectivity index (χ1n) is 7.79. The summed E-state index contributed by atoms with van der Waals surface area (Å²) < 4.78 is 11.7. The van der Waals surface area contributed by atoms with Crippen LogP contribution < -0.4 is 5.43 Å². The van der Waals surface area contributed by atoms with Crippen LogP contribution in [0.5, 0.6) is 0 Å². The van der Waals surface area contributed by atoms with E-state index in [2.05, 4.69) is 0 Å². The van der Waals surface area contributed by atoms with Crippen LogP contribution in [0.1, 0.15) is 48.0 Å². The van der Waals surface area contributed by atoms with Crippen molar-refractivity contribution in [2.24, 2.45) is 0 Å². The standard InChI is InChI=1S/C19H24O3/c1-5-17-14(3)18(20)15(4)19(22-17)13(2)11-21-12-16-9-7-6-8-10-16/h6-10,13H,5,11-12H2,1-4H3. The van der Waals surface area contributed by atoms with Gasteiger partial charge in [0.2, 0.25) is 0 Å². The number of ether oxygens (including phenoxy) is 1. The molecule has 0 fully saturated rings. The predicted molar refractivity (Wildman–Crippen MR) is 88.3 cm³/mol. The van der Waals surface area contributed by atoms with Crippen LogP contribution in [0.25, 0.3) is 0 Å². The van der Waals surface area contributed by atoms with Crippen molar-refractivity contribution in [3.63, 3.8) is 0 Å². The van der Waals surface area contributed by atoms with Gasteiger partial charge in [-0.3, -0.25) is 4.79 Å². The van der Waals surface area contributed by atoms with Gasteiger partial charge in [0.1, 0.15) is 11.5 Å². The van der Waals surface area contributed by atoms with E-state index in [1.165, 1.54) is 0 Å². The molecule has 1 unspecified atom stereocenters. The predicted octanol–water partition coefficient (Wildman–Crippen LogP) is 4.14. The van der Waals surface area contributed by atoms with Crippen molar-refractivity contribution in [1.82, 2.24) is 0 Å². The molecule has 3 heteroatoms. The van der Waals surface area contributed by atoms with Gasteiger partial charge in [0.05, 0.1) is 13.2 Å². The van der Waals surface area contributed by atoms with Crippen molar-refractivity contribution in [2.75, 3.05) is 6.61 Å². The summed E-state index contributed by atoms with van der Waals surface area (Å²) in [4.78, 5) is 12.3. The lowest BCUT2D eigenvalue weighted by Gasteiger charge is -2.16. The molecule has 1 aromatic heterocycles. The van der Waals surface area contributed by atoms with Gasteiger partial charge < -0.3 is 9.15 Å². The second-order valence-electron chi connectivity index (χ2n) is 5.72. The van der Waals surface area contributed by atoms with Crippen molar-refractivity contribution >= 4 is 0 Å². The molecule has 0 aliphatic heterocycles. The monoisotopic (exact) mass is 300 g/mol. The van der Waals surface area contributed by atoms with E-state index in [1.54, 1.807) is 0 Å². The molecule has 0 N–H and O–H groups in total. The summed E-state index contributed by atoms with van der Waals surface area (Å²) in [5, 5.41) is 0. The Morgan fingerprint density at radius 2 is 1.82 bits per heavy atom. The number of hydrogen-bond acceptors (Lipinski definition) is 3. The van der Waals surface area contributed by atoms with E-state index in [4.69, 9.17) is 9.15 Å². The fourth-order valence-corrected chi connectivity index (χ4v) is 2.62. The molecule has 2 aromatic rings. The lowest BCUT2D eigenvalue weighted by atomic mass is 10.0. The van der Waals surface area contributed by atoms with Gasteiger partial charge in [-0.1, -0.05) is 44.2 Å². The average Bonchev–Trinajstić information content (AvgIpc) is 2.54. The van der Waals surface area contributed by atoms with E-state index in [-0.39, 0.29) is 11.3 Å². The highest BCUT2D eigenvalue weighted by atomic mass is 16.5. The van der Waals surface area contributed by atoms with Crippen molar-refractivity contribution in [3.05, 3.63) is 68.8 Å². The third-order valence-electron chi connectivity index (χ3n) is 3.95. The Kier molecular flexibility index (Phi) is 5.56. The lowest BCUT2D eigenvalue weighted by molar-refractivity contribution is 0.104. The molecule has 1 heterocycles. The normalized spacial score (nSPS) is 12.4. The largest absolute Gasteiger partial charge is 0.465 e. The van der Waals surface area contributed by atoms with Gasteiger partial charge >= 0.3 is 0 Å². The zero-order valence-corrected chi connectivity index (χ0v) is 13.8. The third-order valence-corrected chi connectivity index (χ3v) is 3.95. The topological polar surface area (TPSA) is 39.4 Å². The Bertz CT molecular complexity index is 671. The van der Waals surface area contributed by atoms with E-state index in [9.17, 15) is 4.79 Å². The molecule has 0 amide bonds. The number of aryl methyl sites for hydroxylation is 1. The third kappa shape index (κ3) is 3.66. The first kappa shape index (κ1) is 16.5. The van der Waals surface area contributed by atoms with Crippen LogP contribution in [0.3, 0.4) is 0 Å². The van der Waals surface area contributed by atoms with E-state index >= 15 is 0 Å². The highest BCUT2D eigenvalue weighted by Crippen LogP contribution is 2.21. The maximum absolute atomic E-state index is 12.3. The summed E-state index contributed by atoms with van der Waals surface area (Å²) in [6.45, 7) is 8.80. The van der Waals surface area contributed by atoms with Crippen molar-refractivity contribution in [1.29, 1.82) is 0 Å². The quantitative estimate of drug-likeness (QED) is 0.805. The molecule has 1 atom stereocenters. The molecule has 0 bridgehead atoms. The lowest BCUT2D eigenvalue weighted by Crippen LogP contribution is -2.17. The van der Waals surface area contributed by atoms with Gasteiger partial charge in [-0.2, -0.15) is 0 Å². The summed E-state index contributed by atoms with van der Waals surface area (Å²) in [7, 11) is 0. The molecule has 2 rings (SSSR count). The zero-order valence-electron chi connectivity index (χ0n) is 13.8. The molecule has 0 aliphatic carbocycles. The highest BCUT2D eigenvalue weighted by molar-refractivity contribution is 5.27. The van der Waals surface area contributed by atoms with Crippen LogP contribution in [-0.2, 0) is 17.8 Å². The van der Waals surface area contributed by atoms with Gasteiger partial charge in [-0.05, 0) is 19.4 Å². The fourth-order valence-electron chi connectivity index (χ4n) is 2.62. The molecule has 0 saturated heterocycles. The first-order chi connectivity index (χ1) is 10.5. The van der Waals surface area contributed by atoms with Gasteiger partial charge in [-0.15, -0.1) is 0 Å². The molecular weight excluding hydrogens is 276 g/mol. The van der Waals surface area contributed by atoms with Crippen LogP contribution in [0.4, 0.5) is 0 Å². The average molecular weight is 300 g/mol. The van der Waals surface area contributed by atoms with Crippen LogP contribution in [0.15, 0.2) is 39.5 Å². The Labute approximate surface area is 131 Å². The molecule has 0 radical (unpaired) electrons. The van der Waals surface area contributed by atoms with Crippen molar-refractivity contribution in [3.8, 4) is 0 Å². The minimum atomic E-state index is 0.0577. The molecule has 0 aliphatic rings. The smallest absolute Gasteiger partial charge is 0.191 e. The fraction of sp³-hybridized carbons (Fsp3) is 0.421. The van der Waals surface area contributed by atoms with Crippen molar-refractivity contribution < 1.29 is 9.15 Å². The zero-order chi connectivity index (χ0) is 16.1. The van der Waals surface area contributed by atoms with Crippen LogP contribution >= 0.6 is 0 Å². The molecule has 0 spiro atoms.